The summed E-state index contributed by atoms with van der Waals surface area (Å²) >= 11 is 0. The number of amides is 1. The molecule has 1 fully saturated rings. The molecule has 0 unspecified atom stereocenters. The molecule has 1 saturated heterocycles. The zero-order chi connectivity index (χ0) is 27.3. The van der Waals surface area contributed by atoms with Crippen LogP contribution in [0.25, 0.3) is 0 Å². The van der Waals surface area contributed by atoms with Gasteiger partial charge in [-0.1, -0.05) is 142 Å². The van der Waals surface area contributed by atoms with Gasteiger partial charge in [-0.15, -0.1) is 0 Å². The van der Waals surface area contributed by atoms with Crippen LogP contribution in [0.3, 0.4) is 0 Å². The smallest absolute Gasteiger partial charge is 0.261 e. The van der Waals surface area contributed by atoms with Crippen molar-refractivity contribution in [1.29, 1.82) is 0 Å². The summed E-state index contributed by atoms with van der Waals surface area (Å²) < 4.78 is 7.45. The van der Waals surface area contributed by atoms with Crippen LogP contribution in [0.1, 0.15) is 38.3 Å². The van der Waals surface area contributed by atoms with Gasteiger partial charge in [-0.25, -0.2) is 0 Å². The second kappa shape index (κ2) is 11.5. The molecular formula is C35H35NO2Si. The van der Waals surface area contributed by atoms with E-state index in [4.69, 9.17) is 4.43 Å². The van der Waals surface area contributed by atoms with Crippen LogP contribution in [0.4, 0.5) is 0 Å². The first-order chi connectivity index (χ1) is 18.9. The van der Waals surface area contributed by atoms with Gasteiger partial charge in [-0.05, 0) is 33.1 Å². The molecule has 0 aromatic heterocycles. The summed E-state index contributed by atoms with van der Waals surface area (Å²) in [5, 5.41) is 2.21. The summed E-state index contributed by atoms with van der Waals surface area (Å²) in [6.45, 7) is 7.31. The molecule has 1 aliphatic rings. The van der Waals surface area contributed by atoms with E-state index in [9.17, 15) is 4.79 Å². The van der Waals surface area contributed by atoms with E-state index >= 15 is 0 Å². The van der Waals surface area contributed by atoms with Gasteiger partial charge < -0.3 is 9.33 Å². The summed E-state index contributed by atoms with van der Waals surface area (Å²) in [5.41, 5.74) is 2.02. The topological polar surface area (TPSA) is 29.5 Å². The SMILES string of the molecule is CC(C)(C)[Si](O[C@H]1CC(=O)N(Cc2ccccc2)[C@@H]1C#Cc1ccccc1)(c1ccccc1)c1ccccc1. The fourth-order valence-corrected chi connectivity index (χ4v) is 10.3. The number of hydrogen-bond acceptors (Lipinski definition) is 2. The van der Waals surface area contributed by atoms with Crippen molar-refractivity contribution < 1.29 is 9.22 Å². The molecule has 0 spiro atoms. The van der Waals surface area contributed by atoms with Crippen LogP contribution in [-0.4, -0.2) is 31.3 Å². The zero-order valence-electron chi connectivity index (χ0n) is 22.9. The normalized spacial score (nSPS) is 17.5. The summed E-state index contributed by atoms with van der Waals surface area (Å²) in [6, 6.07) is 40.9. The summed E-state index contributed by atoms with van der Waals surface area (Å²) in [7, 11) is -2.86. The van der Waals surface area contributed by atoms with Gasteiger partial charge in [0, 0.05) is 12.1 Å². The average molecular weight is 530 g/mol. The largest absolute Gasteiger partial charge is 0.401 e. The van der Waals surface area contributed by atoms with E-state index in [2.05, 4.69) is 93.3 Å². The maximum atomic E-state index is 13.6. The van der Waals surface area contributed by atoms with Crippen molar-refractivity contribution in [1.82, 2.24) is 4.90 Å². The third kappa shape index (κ3) is 5.61. The number of nitrogens with zero attached hydrogens (tertiary/aromatic N) is 1. The summed E-state index contributed by atoms with van der Waals surface area (Å²) in [4.78, 5) is 15.5. The van der Waals surface area contributed by atoms with Crippen molar-refractivity contribution >= 4 is 24.6 Å². The van der Waals surface area contributed by atoms with E-state index in [-0.39, 0.29) is 23.1 Å². The molecule has 0 aliphatic carbocycles. The van der Waals surface area contributed by atoms with Gasteiger partial charge in [0.15, 0.2) is 0 Å². The van der Waals surface area contributed by atoms with Gasteiger partial charge in [0.25, 0.3) is 8.32 Å². The molecule has 5 rings (SSSR count). The van der Waals surface area contributed by atoms with Gasteiger partial charge in [0.05, 0.1) is 12.5 Å². The highest BCUT2D eigenvalue weighted by Crippen LogP contribution is 2.39. The molecule has 4 aromatic carbocycles. The standard InChI is InChI=1S/C35H35NO2Si/c1-35(2,3)39(30-20-12-6-13-21-30,31-22-14-7-15-23-31)38-33-26-34(37)36(27-29-18-10-5-11-19-29)32(33)25-24-28-16-8-4-9-17-28/h4-23,32-33H,26-27H2,1-3H3/t32-,33+/m1/s1. The molecule has 39 heavy (non-hydrogen) atoms. The Morgan fingerprint density at radius 1 is 0.769 bits per heavy atom. The van der Waals surface area contributed by atoms with Crippen molar-refractivity contribution in [3.05, 3.63) is 132 Å². The van der Waals surface area contributed by atoms with Crippen LogP contribution in [0.15, 0.2) is 121 Å². The number of rotatable bonds is 6. The Morgan fingerprint density at radius 2 is 1.26 bits per heavy atom. The monoisotopic (exact) mass is 529 g/mol. The highest BCUT2D eigenvalue weighted by molar-refractivity contribution is 6.99. The Bertz CT molecular complexity index is 1400. The Labute approximate surface area is 233 Å². The highest BCUT2D eigenvalue weighted by Gasteiger charge is 2.54. The molecule has 0 radical (unpaired) electrons. The van der Waals surface area contributed by atoms with Crippen LogP contribution < -0.4 is 10.4 Å². The van der Waals surface area contributed by atoms with E-state index in [0.717, 1.165) is 11.1 Å². The van der Waals surface area contributed by atoms with E-state index in [1.807, 2.05) is 65.6 Å². The fraction of sp³-hybridized carbons (Fsp3) is 0.229. The Hall–Kier alpha value is -3.91. The third-order valence-electron chi connectivity index (χ3n) is 7.46. The first-order valence-corrected chi connectivity index (χ1v) is 15.5. The fourth-order valence-electron chi connectivity index (χ4n) is 5.60. The number of carbonyl (C=O) groups excluding carboxylic acids is 1. The Kier molecular flexibility index (Phi) is 7.83. The lowest BCUT2D eigenvalue weighted by Crippen LogP contribution is -2.68. The Balaban J connectivity index is 1.61. The molecule has 196 valence electrons. The lowest BCUT2D eigenvalue weighted by atomic mass is 10.1. The molecule has 2 atom stereocenters. The maximum absolute atomic E-state index is 13.6. The summed E-state index contributed by atoms with van der Waals surface area (Å²) in [6.07, 6.45) is -0.0467. The van der Waals surface area contributed by atoms with Crippen molar-refractivity contribution in [3.63, 3.8) is 0 Å². The van der Waals surface area contributed by atoms with Crippen LogP contribution in [0.2, 0.25) is 5.04 Å². The van der Waals surface area contributed by atoms with E-state index in [1.54, 1.807) is 0 Å². The minimum atomic E-state index is -2.86. The van der Waals surface area contributed by atoms with Crippen molar-refractivity contribution in [3.8, 4) is 11.8 Å². The highest BCUT2D eigenvalue weighted by atomic mass is 28.4. The third-order valence-corrected chi connectivity index (χ3v) is 12.5. The maximum Gasteiger partial charge on any atom is 0.261 e. The molecule has 0 N–H and O–H groups in total. The first-order valence-electron chi connectivity index (χ1n) is 13.6. The lowest BCUT2D eigenvalue weighted by molar-refractivity contribution is -0.128. The van der Waals surface area contributed by atoms with Crippen LogP contribution in [-0.2, 0) is 15.8 Å². The molecule has 4 heteroatoms. The molecule has 1 heterocycles. The number of benzene rings is 4. The van der Waals surface area contributed by atoms with Crippen LogP contribution >= 0.6 is 0 Å². The molecule has 0 bridgehead atoms. The quantitative estimate of drug-likeness (QED) is 0.234. The second-order valence-corrected chi connectivity index (χ2v) is 15.4. The van der Waals surface area contributed by atoms with Crippen molar-refractivity contribution in [2.45, 2.75) is 50.9 Å². The molecule has 4 aromatic rings. The molecule has 3 nitrogen and oxygen atoms in total. The molecule has 1 aliphatic heterocycles. The molecule has 0 saturated carbocycles. The Morgan fingerprint density at radius 3 is 1.77 bits per heavy atom. The van der Waals surface area contributed by atoms with Gasteiger partial charge in [-0.3, -0.25) is 4.79 Å². The molecular weight excluding hydrogens is 494 g/mol. The summed E-state index contributed by atoms with van der Waals surface area (Å²) in [5.74, 6) is 6.90. The van der Waals surface area contributed by atoms with Gasteiger partial charge >= 0.3 is 0 Å². The van der Waals surface area contributed by atoms with Gasteiger partial charge in [0.2, 0.25) is 5.91 Å². The lowest BCUT2D eigenvalue weighted by Gasteiger charge is -2.45. The van der Waals surface area contributed by atoms with Crippen molar-refractivity contribution in [2.24, 2.45) is 0 Å². The number of carbonyl (C=O) groups is 1. The molecule has 1 amide bonds. The first kappa shape index (κ1) is 26.7. The zero-order valence-corrected chi connectivity index (χ0v) is 23.9. The predicted octanol–water partition coefficient (Wildman–Crippen LogP) is 5.78. The average Bonchev–Trinajstić information content (AvgIpc) is 3.25. The minimum Gasteiger partial charge on any atom is -0.401 e. The number of likely N-dealkylation sites (tertiary alicyclic amines) is 1. The van der Waals surface area contributed by atoms with E-state index in [0.29, 0.717) is 13.0 Å². The minimum absolute atomic E-state index is 0.0779. The van der Waals surface area contributed by atoms with Crippen molar-refractivity contribution in [2.75, 3.05) is 0 Å². The van der Waals surface area contributed by atoms with E-state index < -0.39 is 8.32 Å². The van der Waals surface area contributed by atoms with Crippen LogP contribution in [0, 0.1) is 11.8 Å². The van der Waals surface area contributed by atoms with Gasteiger partial charge in [0.1, 0.15) is 6.04 Å². The van der Waals surface area contributed by atoms with Crippen LogP contribution in [0.5, 0.6) is 0 Å². The number of hydrogen-bond donors (Lipinski definition) is 0. The van der Waals surface area contributed by atoms with Gasteiger partial charge in [-0.2, -0.15) is 0 Å². The second-order valence-electron chi connectivity index (χ2n) is 11.1. The van der Waals surface area contributed by atoms with E-state index in [1.165, 1.54) is 10.4 Å². The predicted molar refractivity (Wildman–Crippen MR) is 161 cm³/mol.